The Bertz CT molecular complexity index is 1110. The number of nitrogens with zero attached hydrogens (tertiary/aromatic N) is 2. The number of para-hydroxylation sites is 1. The number of hydrogen-bond donors (Lipinski definition) is 1. The van der Waals surface area contributed by atoms with E-state index in [1.165, 1.54) is 12.1 Å². The van der Waals surface area contributed by atoms with Gasteiger partial charge in [-0.3, -0.25) is 4.79 Å². The van der Waals surface area contributed by atoms with Crippen LogP contribution in [0.25, 0.3) is 5.69 Å². The number of nitrogens with one attached hydrogen (secondary N) is 1. The van der Waals surface area contributed by atoms with Gasteiger partial charge in [0.1, 0.15) is 18.3 Å². The van der Waals surface area contributed by atoms with Crippen LogP contribution in [0.5, 0.6) is 0 Å². The number of ether oxygens (including phenoxy) is 1. The molecule has 3 rings (SSSR count). The Labute approximate surface area is 174 Å². The van der Waals surface area contributed by atoms with Crippen LogP contribution < -0.4 is 4.72 Å². The zero-order valence-electron chi connectivity index (χ0n) is 15.9. The smallest absolute Gasteiger partial charge is 0.321 e. The second kappa shape index (κ2) is 8.77. The number of carbonyl (C=O) groups is 1. The van der Waals surface area contributed by atoms with Gasteiger partial charge in [0, 0.05) is 5.56 Å². The van der Waals surface area contributed by atoms with Gasteiger partial charge in [0.25, 0.3) is 0 Å². The minimum absolute atomic E-state index is 0.0823. The molecule has 1 aromatic heterocycles. The zero-order chi connectivity index (χ0) is 21.0. The molecule has 0 spiro atoms. The highest BCUT2D eigenvalue weighted by atomic mass is 35.5. The van der Waals surface area contributed by atoms with Gasteiger partial charge in [-0.05, 0) is 38.1 Å². The van der Waals surface area contributed by atoms with Crippen molar-refractivity contribution < 1.29 is 17.9 Å². The zero-order valence-corrected chi connectivity index (χ0v) is 17.5. The highest BCUT2D eigenvalue weighted by Gasteiger charge is 2.18. The largest absolute Gasteiger partial charge is 0.460 e. The van der Waals surface area contributed by atoms with Gasteiger partial charge in [0.2, 0.25) is 10.0 Å². The topological polar surface area (TPSA) is 90.3 Å². The first kappa shape index (κ1) is 21.0. The molecule has 0 bridgehead atoms. The summed E-state index contributed by atoms with van der Waals surface area (Å²) in [5.41, 5.74) is 2.90. The molecule has 3 aromatic rings. The minimum atomic E-state index is -3.80. The molecule has 7 nitrogen and oxygen atoms in total. The molecule has 1 N–H and O–H groups in total. The Morgan fingerprint density at radius 1 is 1.10 bits per heavy atom. The summed E-state index contributed by atoms with van der Waals surface area (Å²) in [5, 5.41) is 4.71. The SMILES string of the molecule is Cc1ccc(S(=O)(=O)NCC(=O)OCc2c(C)nn(-c3ccccc3)c2Cl)cc1. The number of sulfonamides is 1. The van der Waals surface area contributed by atoms with Gasteiger partial charge in [-0.15, -0.1) is 0 Å². The molecule has 0 atom stereocenters. The van der Waals surface area contributed by atoms with Gasteiger partial charge < -0.3 is 4.74 Å². The normalized spacial score (nSPS) is 11.4. The van der Waals surface area contributed by atoms with Gasteiger partial charge in [-0.25, -0.2) is 13.1 Å². The molecule has 0 aliphatic rings. The second-order valence-corrected chi connectivity index (χ2v) is 8.53. The number of rotatable bonds is 7. The van der Waals surface area contributed by atoms with Crippen LogP contribution in [0.2, 0.25) is 5.15 Å². The fraction of sp³-hybridized carbons (Fsp3) is 0.200. The number of aryl methyl sites for hydroxylation is 2. The maximum atomic E-state index is 12.2. The van der Waals surface area contributed by atoms with Crippen molar-refractivity contribution in [3.63, 3.8) is 0 Å². The molecule has 0 fully saturated rings. The average Bonchev–Trinajstić information content (AvgIpc) is 2.99. The van der Waals surface area contributed by atoms with E-state index in [9.17, 15) is 13.2 Å². The predicted octanol–water partition coefficient (Wildman–Crippen LogP) is 3.16. The predicted molar refractivity (Wildman–Crippen MR) is 109 cm³/mol. The van der Waals surface area contributed by atoms with Crippen molar-refractivity contribution in [2.75, 3.05) is 6.54 Å². The van der Waals surface area contributed by atoms with E-state index in [1.807, 2.05) is 37.3 Å². The first-order valence-electron chi connectivity index (χ1n) is 8.79. The highest BCUT2D eigenvalue weighted by Crippen LogP contribution is 2.24. The van der Waals surface area contributed by atoms with Crippen molar-refractivity contribution in [3.05, 3.63) is 76.6 Å². The van der Waals surface area contributed by atoms with Crippen LogP contribution in [0.15, 0.2) is 59.5 Å². The quantitative estimate of drug-likeness (QED) is 0.578. The Morgan fingerprint density at radius 3 is 2.41 bits per heavy atom. The van der Waals surface area contributed by atoms with E-state index in [2.05, 4.69) is 9.82 Å². The third-order valence-corrected chi connectivity index (χ3v) is 6.04. The second-order valence-electron chi connectivity index (χ2n) is 6.40. The molecular weight excluding hydrogens is 414 g/mol. The molecule has 0 aliphatic carbocycles. The summed E-state index contributed by atoms with van der Waals surface area (Å²) in [6.45, 7) is 3.02. The number of aromatic nitrogens is 2. The summed E-state index contributed by atoms with van der Waals surface area (Å²) in [7, 11) is -3.80. The van der Waals surface area contributed by atoms with Crippen LogP contribution in [0, 0.1) is 13.8 Å². The Kier molecular flexibility index (Phi) is 6.36. The van der Waals surface area contributed by atoms with Crippen molar-refractivity contribution in [2.45, 2.75) is 25.3 Å². The van der Waals surface area contributed by atoms with Gasteiger partial charge in [0.05, 0.1) is 16.3 Å². The molecule has 0 unspecified atom stereocenters. The minimum Gasteiger partial charge on any atom is -0.460 e. The van der Waals surface area contributed by atoms with Crippen LogP contribution in [-0.2, 0) is 26.2 Å². The van der Waals surface area contributed by atoms with Gasteiger partial charge in [-0.2, -0.15) is 9.82 Å². The van der Waals surface area contributed by atoms with E-state index < -0.39 is 22.5 Å². The lowest BCUT2D eigenvalue weighted by molar-refractivity contribution is -0.143. The van der Waals surface area contributed by atoms with Crippen LogP contribution >= 0.6 is 11.6 Å². The average molecular weight is 434 g/mol. The van der Waals surface area contributed by atoms with E-state index in [-0.39, 0.29) is 11.5 Å². The molecule has 0 radical (unpaired) electrons. The lowest BCUT2D eigenvalue weighted by atomic mass is 10.2. The van der Waals surface area contributed by atoms with Crippen molar-refractivity contribution in [1.82, 2.24) is 14.5 Å². The third-order valence-electron chi connectivity index (χ3n) is 4.24. The fourth-order valence-corrected chi connectivity index (χ4v) is 3.89. The number of carbonyl (C=O) groups excluding carboxylic acids is 1. The summed E-state index contributed by atoms with van der Waals surface area (Å²) >= 11 is 6.39. The molecule has 9 heteroatoms. The van der Waals surface area contributed by atoms with Crippen molar-refractivity contribution >= 4 is 27.6 Å². The highest BCUT2D eigenvalue weighted by molar-refractivity contribution is 7.89. The van der Waals surface area contributed by atoms with Crippen molar-refractivity contribution in [1.29, 1.82) is 0 Å². The standard InChI is InChI=1S/C20H20ClN3O4S/c1-14-8-10-17(11-9-14)29(26,27)22-12-19(25)28-13-18-15(2)23-24(20(18)21)16-6-4-3-5-7-16/h3-11,22H,12-13H2,1-2H3. The van der Waals surface area contributed by atoms with E-state index >= 15 is 0 Å². The molecule has 29 heavy (non-hydrogen) atoms. The summed E-state index contributed by atoms with van der Waals surface area (Å²) in [4.78, 5) is 12.1. The summed E-state index contributed by atoms with van der Waals surface area (Å²) in [5.74, 6) is -0.719. The van der Waals surface area contributed by atoms with Crippen LogP contribution in [0.3, 0.4) is 0 Å². The number of hydrogen-bond acceptors (Lipinski definition) is 5. The number of halogens is 1. The number of benzene rings is 2. The van der Waals surface area contributed by atoms with E-state index in [0.717, 1.165) is 11.3 Å². The summed E-state index contributed by atoms with van der Waals surface area (Å²) in [6.07, 6.45) is 0. The van der Waals surface area contributed by atoms with E-state index in [0.29, 0.717) is 16.4 Å². The summed E-state index contributed by atoms with van der Waals surface area (Å²) in [6, 6.07) is 15.6. The van der Waals surface area contributed by atoms with Crippen LogP contribution in [-0.4, -0.2) is 30.7 Å². The maximum absolute atomic E-state index is 12.2. The molecular formula is C20H20ClN3O4S. The lowest BCUT2D eigenvalue weighted by Crippen LogP contribution is -2.30. The summed E-state index contributed by atoms with van der Waals surface area (Å²) < 4.78 is 33.5. The first-order chi connectivity index (χ1) is 13.8. The van der Waals surface area contributed by atoms with E-state index in [4.69, 9.17) is 16.3 Å². The third kappa shape index (κ3) is 5.03. The Morgan fingerprint density at radius 2 is 1.76 bits per heavy atom. The monoisotopic (exact) mass is 433 g/mol. The maximum Gasteiger partial charge on any atom is 0.321 e. The fourth-order valence-electron chi connectivity index (χ4n) is 2.59. The van der Waals surface area contributed by atoms with Gasteiger partial charge in [0.15, 0.2) is 0 Å². The van der Waals surface area contributed by atoms with Crippen molar-refractivity contribution in [3.8, 4) is 5.69 Å². The molecule has 0 aliphatic heterocycles. The molecule has 0 amide bonds. The van der Waals surface area contributed by atoms with Crippen molar-refractivity contribution in [2.24, 2.45) is 0 Å². The number of esters is 1. The van der Waals surface area contributed by atoms with Crippen LogP contribution in [0.4, 0.5) is 0 Å². The lowest BCUT2D eigenvalue weighted by Gasteiger charge is -2.08. The molecule has 1 heterocycles. The molecule has 0 saturated carbocycles. The van der Waals surface area contributed by atoms with Gasteiger partial charge >= 0.3 is 5.97 Å². The van der Waals surface area contributed by atoms with Gasteiger partial charge in [-0.1, -0.05) is 47.5 Å². The molecule has 152 valence electrons. The first-order valence-corrected chi connectivity index (χ1v) is 10.7. The molecule has 0 saturated heterocycles. The van der Waals surface area contributed by atoms with Crippen LogP contribution in [0.1, 0.15) is 16.8 Å². The Balaban J connectivity index is 1.61. The van der Waals surface area contributed by atoms with E-state index in [1.54, 1.807) is 23.7 Å². The Hall–Kier alpha value is -2.68. The molecule has 2 aromatic carbocycles.